The molecule has 1 unspecified atom stereocenters. The molecule has 0 bridgehead atoms. The van der Waals surface area contributed by atoms with Crippen LogP contribution in [0.1, 0.15) is 42.9 Å². The molecule has 100 valence electrons. The molecule has 1 atom stereocenters. The predicted molar refractivity (Wildman–Crippen MR) is 80.0 cm³/mol. The zero-order valence-electron chi connectivity index (χ0n) is 10.9. The van der Waals surface area contributed by atoms with Crippen molar-refractivity contribution >= 4 is 15.9 Å². The molecular formula is C15H18BrN3. The van der Waals surface area contributed by atoms with Gasteiger partial charge in [0.25, 0.3) is 0 Å². The molecule has 4 heteroatoms. The normalized spacial score (nSPS) is 23.9. The third-order valence-corrected chi connectivity index (χ3v) is 4.51. The summed E-state index contributed by atoms with van der Waals surface area (Å²) in [5.41, 5.74) is 2.68. The van der Waals surface area contributed by atoms with Crippen LogP contribution in [-0.4, -0.2) is 16.2 Å². The lowest BCUT2D eigenvalue weighted by atomic mass is 9.75. The molecule has 19 heavy (non-hydrogen) atoms. The molecule has 0 aliphatic heterocycles. The Morgan fingerprint density at radius 1 is 1.32 bits per heavy atom. The minimum Gasteiger partial charge on any atom is -0.307 e. The molecule has 1 aromatic heterocycles. The van der Waals surface area contributed by atoms with Crippen LogP contribution in [0.4, 0.5) is 0 Å². The summed E-state index contributed by atoms with van der Waals surface area (Å²) < 4.78 is 1.15. The van der Waals surface area contributed by atoms with Crippen molar-refractivity contribution in [2.75, 3.05) is 0 Å². The molecule has 0 amide bonds. The number of hydrogen-bond donors (Lipinski definition) is 2. The highest BCUT2D eigenvalue weighted by molar-refractivity contribution is 9.10. The van der Waals surface area contributed by atoms with Crippen LogP contribution in [0.15, 0.2) is 41.1 Å². The quantitative estimate of drug-likeness (QED) is 0.900. The number of nitrogens with zero attached hydrogens (tertiary/aromatic N) is 1. The van der Waals surface area contributed by atoms with Crippen molar-refractivity contribution in [3.8, 4) is 0 Å². The molecule has 1 fully saturated rings. The number of nitrogens with one attached hydrogen (secondary N) is 2. The Balaban J connectivity index is 1.51. The van der Waals surface area contributed by atoms with Gasteiger partial charge in [-0.1, -0.05) is 28.1 Å². The second kappa shape index (κ2) is 5.47. The maximum atomic E-state index is 4.00. The van der Waals surface area contributed by atoms with Crippen molar-refractivity contribution in [2.24, 2.45) is 0 Å². The highest BCUT2D eigenvalue weighted by atomic mass is 79.9. The van der Waals surface area contributed by atoms with E-state index in [0.717, 1.165) is 4.47 Å². The number of halogens is 1. The highest BCUT2D eigenvalue weighted by Gasteiger charge is 2.31. The number of aromatic nitrogens is 2. The first kappa shape index (κ1) is 12.9. The summed E-state index contributed by atoms with van der Waals surface area (Å²) in [6.45, 7) is 2.19. The Kier molecular flexibility index (Phi) is 3.71. The fourth-order valence-corrected chi connectivity index (χ4v) is 2.97. The first-order valence-corrected chi connectivity index (χ1v) is 7.52. The van der Waals surface area contributed by atoms with Crippen LogP contribution in [-0.2, 0) is 0 Å². The fraction of sp³-hybridized carbons (Fsp3) is 0.400. The van der Waals surface area contributed by atoms with E-state index < -0.39 is 0 Å². The zero-order valence-corrected chi connectivity index (χ0v) is 12.5. The van der Waals surface area contributed by atoms with Gasteiger partial charge in [-0.15, -0.1) is 0 Å². The first-order valence-electron chi connectivity index (χ1n) is 6.72. The van der Waals surface area contributed by atoms with Crippen molar-refractivity contribution < 1.29 is 0 Å². The van der Waals surface area contributed by atoms with E-state index in [4.69, 9.17) is 0 Å². The molecule has 0 radical (unpaired) electrons. The Labute approximate surface area is 121 Å². The van der Waals surface area contributed by atoms with E-state index in [-0.39, 0.29) is 0 Å². The van der Waals surface area contributed by atoms with Crippen molar-refractivity contribution in [2.45, 2.75) is 37.8 Å². The molecule has 0 saturated heterocycles. The van der Waals surface area contributed by atoms with Crippen molar-refractivity contribution in [3.63, 3.8) is 0 Å². The molecule has 2 aromatic rings. The van der Waals surface area contributed by atoms with Crippen LogP contribution in [0.5, 0.6) is 0 Å². The topological polar surface area (TPSA) is 40.7 Å². The summed E-state index contributed by atoms with van der Waals surface area (Å²) in [5, 5.41) is 10.5. The average molecular weight is 320 g/mol. The second-order valence-electron chi connectivity index (χ2n) is 5.34. The van der Waals surface area contributed by atoms with E-state index in [0.29, 0.717) is 18.0 Å². The Hall–Kier alpha value is -1.13. The number of rotatable bonds is 4. The molecule has 1 aliphatic rings. The molecule has 1 heterocycles. The van der Waals surface area contributed by atoms with Gasteiger partial charge in [-0.3, -0.25) is 5.10 Å². The standard InChI is InChI=1S/C15H18BrN3/c1-10(13-8-17-18-9-13)19-15-6-12(7-15)11-2-4-14(16)5-3-11/h2-5,8-10,12,15,19H,6-7H2,1H3,(H,17,18). The minimum atomic E-state index is 0.370. The second-order valence-corrected chi connectivity index (χ2v) is 6.25. The Morgan fingerprint density at radius 3 is 2.68 bits per heavy atom. The summed E-state index contributed by atoms with van der Waals surface area (Å²) in [7, 11) is 0. The number of aromatic amines is 1. The highest BCUT2D eigenvalue weighted by Crippen LogP contribution is 2.38. The molecule has 3 rings (SSSR count). The van der Waals surface area contributed by atoms with E-state index in [1.165, 1.54) is 24.0 Å². The van der Waals surface area contributed by atoms with Gasteiger partial charge in [0.2, 0.25) is 0 Å². The number of H-pyrrole nitrogens is 1. The van der Waals surface area contributed by atoms with E-state index >= 15 is 0 Å². The lowest BCUT2D eigenvalue weighted by Gasteiger charge is -2.38. The largest absolute Gasteiger partial charge is 0.307 e. The van der Waals surface area contributed by atoms with Crippen molar-refractivity contribution in [1.29, 1.82) is 0 Å². The average Bonchev–Trinajstić information content (AvgIpc) is 2.88. The van der Waals surface area contributed by atoms with Crippen LogP contribution in [0.2, 0.25) is 0 Å². The van der Waals surface area contributed by atoms with Crippen LogP contribution < -0.4 is 5.32 Å². The summed E-state index contributed by atoms with van der Waals surface area (Å²) in [6, 6.07) is 9.71. The lowest BCUT2D eigenvalue weighted by Crippen LogP contribution is -2.41. The zero-order chi connectivity index (χ0) is 13.2. The first-order chi connectivity index (χ1) is 9.22. The third-order valence-electron chi connectivity index (χ3n) is 3.98. The van der Waals surface area contributed by atoms with Gasteiger partial charge in [0.1, 0.15) is 0 Å². The van der Waals surface area contributed by atoms with E-state index in [2.05, 4.69) is 62.6 Å². The van der Waals surface area contributed by atoms with Gasteiger partial charge in [-0.2, -0.15) is 5.10 Å². The van der Waals surface area contributed by atoms with Gasteiger partial charge < -0.3 is 5.32 Å². The molecule has 1 aliphatic carbocycles. The smallest absolute Gasteiger partial charge is 0.0534 e. The SMILES string of the molecule is CC(NC1CC(c2ccc(Br)cc2)C1)c1cn[nH]c1. The maximum Gasteiger partial charge on any atom is 0.0534 e. The summed E-state index contributed by atoms with van der Waals surface area (Å²) in [4.78, 5) is 0. The lowest BCUT2D eigenvalue weighted by molar-refractivity contribution is 0.271. The van der Waals surface area contributed by atoms with Crippen LogP contribution in [0.3, 0.4) is 0 Å². The van der Waals surface area contributed by atoms with Crippen molar-refractivity contribution in [3.05, 3.63) is 52.3 Å². The van der Waals surface area contributed by atoms with Crippen molar-refractivity contribution in [1.82, 2.24) is 15.5 Å². The molecule has 3 nitrogen and oxygen atoms in total. The van der Waals surface area contributed by atoms with Gasteiger partial charge >= 0.3 is 0 Å². The van der Waals surface area contributed by atoms with Crippen LogP contribution in [0, 0.1) is 0 Å². The van der Waals surface area contributed by atoms with E-state index in [1.807, 2.05) is 12.4 Å². The summed E-state index contributed by atoms with van der Waals surface area (Å²) >= 11 is 3.48. The monoisotopic (exact) mass is 319 g/mol. The molecule has 1 aromatic carbocycles. The van der Waals surface area contributed by atoms with Gasteiger partial charge in [-0.25, -0.2) is 0 Å². The molecule has 2 N–H and O–H groups in total. The Morgan fingerprint density at radius 2 is 2.05 bits per heavy atom. The molecular weight excluding hydrogens is 302 g/mol. The fourth-order valence-electron chi connectivity index (χ4n) is 2.71. The van der Waals surface area contributed by atoms with Gasteiger partial charge in [-0.05, 0) is 43.4 Å². The predicted octanol–water partition coefficient (Wildman–Crippen LogP) is 3.77. The van der Waals surface area contributed by atoms with Gasteiger partial charge in [0.05, 0.1) is 6.20 Å². The van der Waals surface area contributed by atoms with Gasteiger partial charge in [0, 0.05) is 28.3 Å². The summed E-state index contributed by atoms with van der Waals surface area (Å²) in [5.74, 6) is 0.710. The van der Waals surface area contributed by atoms with Crippen LogP contribution >= 0.6 is 15.9 Å². The van der Waals surface area contributed by atoms with Gasteiger partial charge in [0.15, 0.2) is 0 Å². The molecule has 1 saturated carbocycles. The summed E-state index contributed by atoms with van der Waals surface area (Å²) in [6.07, 6.45) is 6.30. The van der Waals surface area contributed by atoms with E-state index in [1.54, 1.807) is 0 Å². The Bertz CT molecular complexity index is 515. The molecule has 0 spiro atoms. The number of benzene rings is 1. The van der Waals surface area contributed by atoms with E-state index in [9.17, 15) is 0 Å². The minimum absolute atomic E-state index is 0.370. The third kappa shape index (κ3) is 2.90. The maximum absolute atomic E-state index is 4.00. The van der Waals surface area contributed by atoms with Crippen LogP contribution in [0.25, 0.3) is 0 Å². The number of hydrogen-bond acceptors (Lipinski definition) is 2.